The Balaban J connectivity index is 2.48. The molecule has 0 atom stereocenters. The summed E-state index contributed by atoms with van der Waals surface area (Å²) in [6.07, 6.45) is 1.61. The van der Waals surface area contributed by atoms with Crippen molar-refractivity contribution in [3.63, 3.8) is 0 Å². The molecule has 0 aliphatic carbocycles. The summed E-state index contributed by atoms with van der Waals surface area (Å²) in [5.74, 6) is -1.07. The summed E-state index contributed by atoms with van der Waals surface area (Å²) in [7, 11) is 0. The van der Waals surface area contributed by atoms with E-state index in [2.05, 4.69) is 10.3 Å². The summed E-state index contributed by atoms with van der Waals surface area (Å²) in [4.78, 5) is 35.8. The smallest absolute Gasteiger partial charge is 0.348 e. The lowest BCUT2D eigenvalue weighted by Crippen LogP contribution is -2.64. The van der Waals surface area contributed by atoms with Gasteiger partial charge in [-0.05, 0) is 0 Å². The van der Waals surface area contributed by atoms with Crippen molar-refractivity contribution < 1.29 is 14.8 Å². The minimum atomic E-state index is -1.07. The van der Waals surface area contributed by atoms with Crippen LogP contribution in [0.5, 0.6) is 0 Å². The summed E-state index contributed by atoms with van der Waals surface area (Å²) >= 11 is 0. The number of aromatic nitrogens is 2. The van der Waals surface area contributed by atoms with Gasteiger partial charge >= 0.3 is 17.3 Å². The molecule has 1 saturated heterocycles. The van der Waals surface area contributed by atoms with E-state index in [1.807, 2.05) is 0 Å². The Kier molecular flexibility index (Phi) is 2.83. The maximum Gasteiger partial charge on any atom is 0.348 e. The molecule has 18 heavy (non-hydrogen) atoms. The molecule has 1 aliphatic heterocycles. The summed E-state index contributed by atoms with van der Waals surface area (Å²) in [6, 6.07) is 0. The second kappa shape index (κ2) is 4.18. The van der Waals surface area contributed by atoms with Gasteiger partial charge in [-0.25, -0.2) is 4.79 Å². The number of nitrogens with zero attached hydrogens (tertiary/aromatic N) is 3. The Morgan fingerprint density at radius 1 is 1.67 bits per heavy atom. The molecule has 0 bridgehead atoms. The van der Waals surface area contributed by atoms with E-state index < -0.39 is 22.1 Å². The lowest BCUT2D eigenvalue weighted by Gasteiger charge is -2.42. The van der Waals surface area contributed by atoms with Crippen LogP contribution in [0.2, 0.25) is 0 Å². The number of nitro groups is 1. The normalized spacial score (nSPS) is 16.9. The quantitative estimate of drug-likeness (QED) is 0.517. The van der Waals surface area contributed by atoms with Crippen LogP contribution in [0.3, 0.4) is 0 Å². The molecule has 1 aliphatic rings. The number of carboxylic acids is 1. The standard InChI is InChI=1S/C9H10N4O5/c14-7(15)1-9(4-10-5-9)12-3-6(13(17)18)2-11-8(12)16/h2-3,10H,1,4-5H2,(H,14,15). The van der Waals surface area contributed by atoms with E-state index in [1.54, 1.807) is 0 Å². The molecule has 1 aromatic rings. The molecule has 0 radical (unpaired) electrons. The first-order valence-corrected chi connectivity index (χ1v) is 5.11. The molecular weight excluding hydrogens is 244 g/mol. The van der Waals surface area contributed by atoms with E-state index in [0.717, 1.165) is 17.0 Å². The first kappa shape index (κ1) is 12.2. The van der Waals surface area contributed by atoms with Crippen LogP contribution in [0.1, 0.15) is 6.42 Å². The lowest BCUT2D eigenvalue weighted by atomic mass is 9.88. The number of carbonyl (C=O) groups is 1. The molecule has 0 amide bonds. The Morgan fingerprint density at radius 3 is 2.78 bits per heavy atom. The van der Waals surface area contributed by atoms with Gasteiger partial charge in [-0.2, -0.15) is 4.98 Å². The maximum absolute atomic E-state index is 11.6. The topological polar surface area (TPSA) is 127 Å². The zero-order chi connectivity index (χ0) is 13.3. The number of aliphatic carboxylic acids is 1. The third-order valence-electron chi connectivity index (χ3n) is 2.88. The van der Waals surface area contributed by atoms with Crippen molar-refractivity contribution in [2.45, 2.75) is 12.0 Å². The summed E-state index contributed by atoms with van der Waals surface area (Å²) in [5, 5.41) is 22.3. The van der Waals surface area contributed by atoms with E-state index in [9.17, 15) is 19.7 Å². The van der Waals surface area contributed by atoms with Crippen molar-refractivity contribution in [3.05, 3.63) is 33.0 Å². The van der Waals surface area contributed by atoms with Gasteiger partial charge in [-0.1, -0.05) is 0 Å². The zero-order valence-corrected chi connectivity index (χ0v) is 9.20. The first-order chi connectivity index (χ1) is 8.44. The summed E-state index contributed by atoms with van der Waals surface area (Å²) in [6.45, 7) is 0.532. The van der Waals surface area contributed by atoms with Gasteiger partial charge in [-0.3, -0.25) is 19.5 Å². The molecule has 0 spiro atoms. The molecule has 0 aromatic carbocycles. The molecule has 1 fully saturated rings. The molecular formula is C9H10N4O5. The first-order valence-electron chi connectivity index (χ1n) is 5.11. The number of hydrogen-bond acceptors (Lipinski definition) is 6. The molecule has 9 heteroatoms. The average Bonchev–Trinajstić information content (AvgIpc) is 2.24. The zero-order valence-electron chi connectivity index (χ0n) is 9.20. The average molecular weight is 254 g/mol. The largest absolute Gasteiger partial charge is 0.481 e. The molecule has 0 unspecified atom stereocenters. The van der Waals surface area contributed by atoms with Crippen molar-refractivity contribution in [3.8, 4) is 0 Å². The highest BCUT2D eigenvalue weighted by atomic mass is 16.6. The molecule has 9 nitrogen and oxygen atoms in total. The fraction of sp³-hybridized carbons (Fsp3) is 0.444. The highest BCUT2D eigenvalue weighted by Crippen LogP contribution is 2.25. The van der Waals surface area contributed by atoms with Crippen molar-refractivity contribution in [2.24, 2.45) is 0 Å². The van der Waals surface area contributed by atoms with Gasteiger partial charge in [-0.15, -0.1) is 0 Å². The van der Waals surface area contributed by atoms with E-state index in [4.69, 9.17) is 5.11 Å². The molecule has 1 aromatic heterocycles. The van der Waals surface area contributed by atoms with Gasteiger partial charge in [0, 0.05) is 13.1 Å². The number of rotatable bonds is 4. The van der Waals surface area contributed by atoms with Crippen molar-refractivity contribution in [1.82, 2.24) is 14.9 Å². The Hall–Kier alpha value is -2.29. The van der Waals surface area contributed by atoms with Gasteiger partial charge in [0.05, 0.1) is 23.1 Å². The number of hydrogen-bond donors (Lipinski definition) is 2. The van der Waals surface area contributed by atoms with E-state index in [-0.39, 0.29) is 25.2 Å². The third-order valence-corrected chi connectivity index (χ3v) is 2.88. The van der Waals surface area contributed by atoms with Gasteiger partial charge in [0.2, 0.25) is 0 Å². The van der Waals surface area contributed by atoms with Crippen LogP contribution in [0.25, 0.3) is 0 Å². The summed E-state index contributed by atoms with van der Waals surface area (Å²) in [5.41, 5.74) is -2.00. The maximum atomic E-state index is 11.6. The fourth-order valence-corrected chi connectivity index (χ4v) is 1.91. The summed E-state index contributed by atoms with van der Waals surface area (Å²) < 4.78 is 1.04. The van der Waals surface area contributed by atoms with E-state index in [0.29, 0.717) is 0 Å². The van der Waals surface area contributed by atoms with Crippen LogP contribution in [-0.2, 0) is 10.3 Å². The predicted molar refractivity (Wildman–Crippen MR) is 58.2 cm³/mol. The number of nitrogens with one attached hydrogen (secondary N) is 1. The van der Waals surface area contributed by atoms with Crippen LogP contribution < -0.4 is 11.0 Å². The van der Waals surface area contributed by atoms with Gasteiger partial charge < -0.3 is 10.4 Å². The van der Waals surface area contributed by atoms with E-state index in [1.165, 1.54) is 0 Å². The minimum absolute atomic E-state index is 0.266. The lowest BCUT2D eigenvalue weighted by molar-refractivity contribution is -0.385. The second-order valence-corrected chi connectivity index (χ2v) is 4.12. The van der Waals surface area contributed by atoms with Gasteiger partial charge in [0.25, 0.3) is 0 Å². The van der Waals surface area contributed by atoms with Crippen LogP contribution in [0.15, 0.2) is 17.2 Å². The molecule has 2 heterocycles. The molecule has 0 saturated carbocycles. The highest BCUT2D eigenvalue weighted by Gasteiger charge is 2.42. The van der Waals surface area contributed by atoms with Crippen LogP contribution in [0, 0.1) is 10.1 Å². The molecule has 2 rings (SSSR count). The van der Waals surface area contributed by atoms with Crippen molar-refractivity contribution >= 4 is 11.7 Å². The van der Waals surface area contributed by atoms with E-state index >= 15 is 0 Å². The van der Waals surface area contributed by atoms with Gasteiger partial charge in [0.15, 0.2) is 0 Å². The van der Waals surface area contributed by atoms with Crippen LogP contribution in [0.4, 0.5) is 5.69 Å². The third kappa shape index (κ3) is 1.95. The Bertz CT molecular complexity index is 562. The number of carboxylic acid groups (broad SMARTS) is 1. The van der Waals surface area contributed by atoms with Crippen LogP contribution >= 0.6 is 0 Å². The van der Waals surface area contributed by atoms with Crippen LogP contribution in [-0.4, -0.2) is 38.6 Å². The fourth-order valence-electron chi connectivity index (χ4n) is 1.91. The second-order valence-electron chi connectivity index (χ2n) is 4.12. The molecule has 2 N–H and O–H groups in total. The molecule has 96 valence electrons. The minimum Gasteiger partial charge on any atom is -0.481 e. The monoisotopic (exact) mass is 254 g/mol. The Labute approximate surface area is 100 Å². The van der Waals surface area contributed by atoms with Gasteiger partial charge in [0.1, 0.15) is 6.20 Å². The SMILES string of the molecule is O=C(O)CC1(n2cc([N+](=O)[O-])cnc2=O)CNC1. The predicted octanol–water partition coefficient (Wildman–Crippen LogP) is -1.08. The van der Waals surface area contributed by atoms with Crippen molar-refractivity contribution in [2.75, 3.05) is 13.1 Å². The Morgan fingerprint density at radius 2 is 2.33 bits per heavy atom. The van der Waals surface area contributed by atoms with Crippen molar-refractivity contribution in [1.29, 1.82) is 0 Å². The highest BCUT2D eigenvalue weighted by molar-refractivity contribution is 5.68.